The number of anilines is 2. The Balaban J connectivity index is 1.88. The smallest absolute Gasteiger partial charge is 0.224 e. The lowest BCUT2D eigenvalue weighted by molar-refractivity contribution is 0.512. The zero-order valence-electron chi connectivity index (χ0n) is 10.1. The van der Waals surface area contributed by atoms with Crippen LogP contribution in [0.25, 0.3) is 0 Å². The van der Waals surface area contributed by atoms with Crippen molar-refractivity contribution in [3.63, 3.8) is 0 Å². The molecule has 0 atom stereocenters. The van der Waals surface area contributed by atoms with Gasteiger partial charge in [-0.1, -0.05) is 0 Å². The average molecular weight is 232 g/mol. The molecule has 0 bridgehead atoms. The molecule has 1 N–H and O–H groups in total. The maximum absolute atomic E-state index is 5.24. The molecule has 2 aromatic heterocycles. The number of furan rings is 1. The highest BCUT2D eigenvalue weighted by atomic mass is 16.3. The summed E-state index contributed by atoms with van der Waals surface area (Å²) < 4.78 is 5.24. The summed E-state index contributed by atoms with van der Waals surface area (Å²) in [4.78, 5) is 10.5. The molecule has 2 heterocycles. The first-order valence-corrected chi connectivity index (χ1v) is 5.52. The van der Waals surface area contributed by atoms with Gasteiger partial charge in [-0.2, -0.15) is 4.98 Å². The summed E-state index contributed by atoms with van der Waals surface area (Å²) in [5, 5.41) is 3.17. The zero-order chi connectivity index (χ0) is 12.1. The number of rotatable bonds is 5. The van der Waals surface area contributed by atoms with Gasteiger partial charge in [-0.15, -0.1) is 0 Å². The van der Waals surface area contributed by atoms with Gasteiger partial charge in [0.2, 0.25) is 5.95 Å². The third-order valence-electron chi connectivity index (χ3n) is 2.33. The van der Waals surface area contributed by atoms with Crippen molar-refractivity contribution in [1.29, 1.82) is 0 Å². The molecule has 0 aromatic carbocycles. The van der Waals surface area contributed by atoms with Crippen LogP contribution in [0.2, 0.25) is 0 Å². The second kappa shape index (κ2) is 5.34. The van der Waals surface area contributed by atoms with Crippen molar-refractivity contribution >= 4 is 11.8 Å². The normalized spacial score (nSPS) is 10.2. The van der Waals surface area contributed by atoms with E-state index in [2.05, 4.69) is 15.3 Å². The van der Waals surface area contributed by atoms with Crippen LogP contribution in [0.5, 0.6) is 0 Å². The fraction of sp³-hybridized carbons (Fsp3) is 0.333. The molecule has 90 valence electrons. The van der Waals surface area contributed by atoms with Crippen molar-refractivity contribution in [2.75, 3.05) is 30.9 Å². The highest BCUT2D eigenvalue weighted by Crippen LogP contribution is 2.08. The number of hydrogen-bond donors (Lipinski definition) is 1. The van der Waals surface area contributed by atoms with Crippen LogP contribution in [0.15, 0.2) is 35.1 Å². The Morgan fingerprint density at radius 1 is 1.35 bits per heavy atom. The minimum atomic E-state index is 0.641. The van der Waals surface area contributed by atoms with Crippen LogP contribution in [0, 0.1) is 0 Å². The highest BCUT2D eigenvalue weighted by molar-refractivity contribution is 5.40. The second-order valence-corrected chi connectivity index (χ2v) is 3.89. The second-order valence-electron chi connectivity index (χ2n) is 3.89. The first-order chi connectivity index (χ1) is 8.25. The molecule has 2 aromatic rings. The Morgan fingerprint density at radius 3 is 2.94 bits per heavy atom. The molecule has 0 saturated heterocycles. The Morgan fingerprint density at radius 2 is 2.24 bits per heavy atom. The van der Waals surface area contributed by atoms with E-state index < -0.39 is 0 Å². The predicted molar refractivity (Wildman–Crippen MR) is 67.3 cm³/mol. The maximum atomic E-state index is 5.24. The van der Waals surface area contributed by atoms with Gasteiger partial charge >= 0.3 is 0 Å². The van der Waals surface area contributed by atoms with Crippen molar-refractivity contribution in [2.45, 2.75) is 6.42 Å². The van der Waals surface area contributed by atoms with E-state index in [0.717, 1.165) is 24.5 Å². The third-order valence-corrected chi connectivity index (χ3v) is 2.33. The Labute approximate surface area is 100 Å². The van der Waals surface area contributed by atoms with Gasteiger partial charge < -0.3 is 14.6 Å². The number of nitrogens with one attached hydrogen (secondary N) is 1. The van der Waals surface area contributed by atoms with Gasteiger partial charge in [-0.3, -0.25) is 0 Å². The van der Waals surface area contributed by atoms with E-state index in [-0.39, 0.29) is 0 Å². The van der Waals surface area contributed by atoms with Crippen molar-refractivity contribution in [2.24, 2.45) is 0 Å². The monoisotopic (exact) mass is 232 g/mol. The summed E-state index contributed by atoms with van der Waals surface area (Å²) >= 11 is 0. The largest absolute Gasteiger partial charge is 0.469 e. The number of aromatic nitrogens is 2. The van der Waals surface area contributed by atoms with Gasteiger partial charge in [0.25, 0.3) is 0 Å². The summed E-state index contributed by atoms with van der Waals surface area (Å²) in [5.41, 5.74) is 0. The fourth-order valence-electron chi connectivity index (χ4n) is 1.44. The molecule has 0 amide bonds. The summed E-state index contributed by atoms with van der Waals surface area (Å²) in [5.74, 6) is 2.49. The molecule has 0 fully saturated rings. The molecule has 0 radical (unpaired) electrons. The van der Waals surface area contributed by atoms with Gasteiger partial charge in [-0.05, 0) is 18.2 Å². The lowest BCUT2D eigenvalue weighted by Crippen LogP contribution is -2.13. The van der Waals surface area contributed by atoms with Gasteiger partial charge in [0.05, 0.1) is 6.26 Å². The van der Waals surface area contributed by atoms with Crippen molar-refractivity contribution in [3.8, 4) is 0 Å². The third kappa shape index (κ3) is 3.21. The van der Waals surface area contributed by atoms with E-state index in [1.165, 1.54) is 0 Å². The van der Waals surface area contributed by atoms with Gasteiger partial charge in [-0.25, -0.2) is 4.98 Å². The molecule has 0 aliphatic carbocycles. The van der Waals surface area contributed by atoms with Crippen LogP contribution < -0.4 is 10.2 Å². The van der Waals surface area contributed by atoms with Gasteiger partial charge in [0.15, 0.2) is 0 Å². The Bertz CT molecular complexity index is 453. The lowest BCUT2D eigenvalue weighted by atomic mass is 10.3. The Kier molecular flexibility index (Phi) is 3.59. The average Bonchev–Trinajstić information content (AvgIpc) is 2.82. The van der Waals surface area contributed by atoms with Crippen LogP contribution in [-0.4, -0.2) is 30.6 Å². The van der Waals surface area contributed by atoms with Crippen LogP contribution in [0.3, 0.4) is 0 Å². The Hall–Kier alpha value is -2.04. The van der Waals surface area contributed by atoms with Crippen LogP contribution in [-0.2, 0) is 6.42 Å². The van der Waals surface area contributed by atoms with Gasteiger partial charge in [0.1, 0.15) is 11.6 Å². The molecular formula is C12H16N4O. The molecule has 5 heteroatoms. The topological polar surface area (TPSA) is 54.2 Å². The van der Waals surface area contributed by atoms with E-state index >= 15 is 0 Å². The highest BCUT2D eigenvalue weighted by Gasteiger charge is 2.01. The van der Waals surface area contributed by atoms with Crippen molar-refractivity contribution < 1.29 is 4.42 Å². The van der Waals surface area contributed by atoms with E-state index in [1.807, 2.05) is 37.2 Å². The van der Waals surface area contributed by atoms with E-state index in [9.17, 15) is 0 Å². The summed E-state index contributed by atoms with van der Waals surface area (Å²) in [6, 6.07) is 5.72. The predicted octanol–water partition coefficient (Wildman–Crippen LogP) is 1.79. The van der Waals surface area contributed by atoms with E-state index in [4.69, 9.17) is 4.42 Å². The molecule has 0 unspecified atom stereocenters. The summed E-state index contributed by atoms with van der Waals surface area (Å²) in [6.45, 7) is 0.754. The zero-order valence-corrected chi connectivity index (χ0v) is 10.1. The van der Waals surface area contributed by atoms with Crippen LogP contribution in [0.4, 0.5) is 11.8 Å². The molecule has 2 rings (SSSR count). The van der Waals surface area contributed by atoms with Crippen molar-refractivity contribution in [3.05, 3.63) is 36.4 Å². The standard InChI is InChI=1S/C12H16N4O/c1-16(2)11-6-8-14-12(15-11)13-7-5-10-4-3-9-17-10/h3-4,6,8-9H,5,7H2,1-2H3,(H,13,14,15). The number of nitrogens with zero attached hydrogens (tertiary/aromatic N) is 3. The first-order valence-electron chi connectivity index (χ1n) is 5.52. The van der Waals surface area contributed by atoms with Crippen LogP contribution >= 0.6 is 0 Å². The SMILES string of the molecule is CN(C)c1ccnc(NCCc2ccco2)n1. The summed E-state index contributed by atoms with van der Waals surface area (Å²) in [7, 11) is 3.91. The molecule has 17 heavy (non-hydrogen) atoms. The fourth-order valence-corrected chi connectivity index (χ4v) is 1.44. The molecule has 0 spiro atoms. The minimum Gasteiger partial charge on any atom is -0.469 e. The molecule has 0 saturated carbocycles. The molecule has 5 nitrogen and oxygen atoms in total. The minimum absolute atomic E-state index is 0.641. The van der Waals surface area contributed by atoms with Crippen LogP contribution in [0.1, 0.15) is 5.76 Å². The number of hydrogen-bond acceptors (Lipinski definition) is 5. The van der Waals surface area contributed by atoms with E-state index in [1.54, 1.807) is 12.5 Å². The maximum Gasteiger partial charge on any atom is 0.224 e. The van der Waals surface area contributed by atoms with Crippen molar-refractivity contribution in [1.82, 2.24) is 9.97 Å². The first kappa shape index (κ1) is 11.4. The molecular weight excluding hydrogens is 216 g/mol. The quantitative estimate of drug-likeness (QED) is 0.851. The summed E-state index contributed by atoms with van der Waals surface area (Å²) in [6.07, 6.45) is 4.25. The molecule has 0 aliphatic rings. The van der Waals surface area contributed by atoms with E-state index in [0.29, 0.717) is 5.95 Å². The lowest BCUT2D eigenvalue weighted by Gasteiger charge is -2.11. The molecule has 0 aliphatic heterocycles. The van der Waals surface area contributed by atoms with Gasteiger partial charge in [0, 0.05) is 33.3 Å².